The van der Waals surface area contributed by atoms with Gasteiger partial charge in [-0.2, -0.15) is 5.10 Å². The monoisotopic (exact) mass is 378 g/mol. The van der Waals surface area contributed by atoms with Crippen LogP contribution in [0.1, 0.15) is 16.1 Å². The summed E-state index contributed by atoms with van der Waals surface area (Å²) in [7, 11) is 0. The summed E-state index contributed by atoms with van der Waals surface area (Å²) in [6.45, 7) is 0. The summed E-state index contributed by atoms with van der Waals surface area (Å²) in [4.78, 5) is 17.7. The van der Waals surface area contributed by atoms with E-state index in [2.05, 4.69) is 20.5 Å². The molecule has 0 bridgehead atoms. The molecule has 0 aliphatic heterocycles. The molecule has 2 N–H and O–H groups in total. The van der Waals surface area contributed by atoms with Crippen LogP contribution in [0.5, 0.6) is 0 Å². The van der Waals surface area contributed by atoms with E-state index in [0.29, 0.717) is 23.4 Å². The minimum Gasteiger partial charge on any atom is -0.310 e. The minimum atomic E-state index is -0.276. The van der Waals surface area contributed by atoms with Crippen molar-refractivity contribution in [3.8, 4) is 0 Å². The molecule has 0 radical (unpaired) electrons. The first-order chi connectivity index (χ1) is 13.2. The number of nitrogens with zero attached hydrogens (tertiary/aromatic N) is 2. The van der Waals surface area contributed by atoms with Gasteiger partial charge in [0.25, 0.3) is 0 Å². The molecule has 1 amide bonds. The Hall–Kier alpha value is -3.32. The third-order valence-corrected chi connectivity index (χ3v) is 4.80. The largest absolute Gasteiger partial charge is 0.310 e. The van der Waals surface area contributed by atoms with Crippen LogP contribution in [-0.4, -0.2) is 21.1 Å². The second-order valence-electron chi connectivity index (χ2n) is 5.89. The topological polar surface area (TPSA) is 70.7 Å². The Balaban J connectivity index is 1.53. The summed E-state index contributed by atoms with van der Waals surface area (Å²) < 4.78 is 13.0. The zero-order valence-electron chi connectivity index (χ0n) is 14.1. The second kappa shape index (κ2) is 7.51. The van der Waals surface area contributed by atoms with E-state index >= 15 is 0 Å². The number of halogens is 1. The number of pyridine rings is 1. The number of H-pyrrole nitrogens is 1. The maximum Gasteiger partial charge on any atom is 0.230 e. The molecule has 134 valence electrons. The molecular weight excluding hydrogens is 363 g/mol. The van der Waals surface area contributed by atoms with Gasteiger partial charge < -0.3 is 5.32 Å². The van der Waals surface area contributed by atoms with Crippen LogP contribution in [0.25, 0.3) is 23.2 Å². The first-order valence-corrected chi connectivity index (χ1v) is 9.16. The third kappa shape index (κ3) is 4.09. The van der Waals surface area contributed by atoms with E-state index < -0.39 is 0 Å². The van der Waals surface area contributed by atoms with Crippen molar-refractivity contribution in [3.05, 3.63) is 75.9 Å². The van der Waals surface area contributed by atoms with E-state index in [1.807, 2.05) is 29.7 Å². The van der Waals surface area contributed by atoms with E-state index in [-0.39, 0.29) is 11.7 Å². The Morgan fingerprint density at radius 3 is 2.78 bits per heavy atom. The lowest BCUT2D eigenvalue weighted by Gasteiger charge is -2.03. The first-order valence-electron chi connectivity index (χ1n) is 8.28. The number of carbonyl (C=O) groups excluding carboxylic acids is 1. The van der Waals surface area contributed by atoms with Crippen LogP contribution in [0.2, 0.25) is 0 Å². The van der Waals surface area contributed by atoms with Gasteiger partial charge in [-0.25, -0.2) is 9.37 Å². The second-order valence-corrected chi connectivity index (χ2v) is 6.92. The number of fused-ring (bicyclic) bond motifs is 1. The number of thiophene rings is 1. The number of amides is 1. The lowest BCUT2D eigenvalue weighted by Crippen LogP contribution is -2.14. The number of hydrogen-bond acceptors (Lipinski definition) is 4. The van der Waals surface area contributed by atoms with Gasteiger partial charge in [0.15, 0.2) is 0 Å². The van der Waals surface area contributed by atoms with Crippen molar-refractivity contribution in [2.24, 2.45) is 0 Å². The smallest absolute Gasteiger partial charge is 0.230 e. The van der Waals surface area contributed by atoms with Gasteiger partial charge in [-0.15, -0.1) is 11.3 Å². The first kappa shape index (κ1) is 17.1. The molecule has 3 heterocycles. The molecule has 0 saturated carbocycles. The molecule has 1 aromatic carbocycles. The van der Waals surface area contributed by atoms with Gasteiger partial charge in [0.05, 0.1) is 11.9 Å². The van der Waals surface area contributed by atoms with E-state index in [1.165, 1.54) is 12.1 Å². The van der Waals surface area contributed by atoms with Crippen molar-refractivity contribution in [3.63, 3.8) is 0 Å². The highest BCUT2D eigenvalue weighted by Gasteiger charge is 2.09. The molecule has 4 aromatic rings. The summed E-state index contributed by atoms with van der Waals surface area (Å²) in [5, 5.41) is 11.9. The molecule has 0 atom stereocenters. The van der Waals surface area contributed by atoms with E-state index in [9.17, 15) is 9.18 Å². The molecule has 4 rings (SSSR count). The molecule has 0 unspecified atom stereocenters. The van der Waals surface area contributed by atoms with Crippen LogP contribution in [-0.2, 0) is 11.2 Å². The number of carbonyl (C=O) groups is 1. The highest BCUT2D eigenvalue weighted by molar-refractivity contribution is 7.10. The maximum atomic E-state index is 13.0. The Morgan fingerprint density at radius 1 is 1.15 bits per heavy atom. The van der Waals surface area contributed by atoms with Gasteiger partial charge in [0, 0.05) is 4.88 Å². The Kier molecular flexibility index (Phi) is 4.76. The number of anilines is 1. The standard InChI is InChI=1S/C20H15FN4OS/c21-14-6-3-13(4-7-14)5-8-16-20-17(25-24-16)9-10-18(23-20)22-19(26)12-15-2-1-11-27-15/h1-11H,12H2,(H,24,25)(H,22,23,26). The molecule has 5 nitrogen and oxygen atoms in total. The van der Waals surface area contributed by atoms with Gasteiger partial charge in [-0.3, -0.25) is 9.89 Å². The molecule has 0 spiro atoms. The number of aromatic nitrogens is 3. The molecule has 7 heteroatoms. The fraction of sp³-hybridized carbons (Fsp3) is 0.0500. The SMILES string of the molecule is O=C(Cc1cccs1)Nc1ccc2[nH]nc(C=Cc3ccc(F)cc3)c2n1. The predicted molar refractivity (Wildman–Crippen MR) is 106 cm³/mol. The van der Waals surface area contributed by atoms with Crippen molar-refractivity contribution in [2.75, 3.05) is 5.32 Å². The summed E-state index contributed by atoms with van der Waals surface area (Å²) in [6.07, 6.45) is 3.95. The highest BCUT2D eigenvalue weighted by Crippen LogP contribution is 2.19. The molecule has 0 aliphatic rings. The predicted octanol–water partition coefficient (Wildman–Crippen LogP) is 4.51. The Morgan fingerprint density at radius 2 is 2.00 bits per heavy atom. The lowest BCUT2D eigenvalue weighted by atomic mass is 10.2. The fourth-order valence-corrected chi connectivity index (χ4v) is 3.31. The summed E-state index contributed by atoms with van der Waals surface area (Å²) >= 11 is 1.54. The average Bonchev–Trinajstić information content (AvgIpc) is 3.31. The number of benzene rings is 1. The number of hydrogen-bond donors (Lipinski definition) is 2. The van der Waals surface area contributed by atoms with Crippen LogP contribution in [0.15, 0.2) is 53.9 Å². The van der Waals surface area contributed by atoms with Crippen molar-refractivity contribution >= 4 is 46.2 Å². The average molecular weight is 378 g/mol. The van der Waals surface area contributed by atoms with Crippen molar-refractivity contribution < 1.29 is 9.18 Å². The van der Waals surface area contributed by atoms with Gasteiger partial charge in [0.1, 0.15) is 22.8 Å². The van der Waals surface area contributed by atoms with Gasteiger partial charge in [0.2, 0.25) is 5.91 Å². The minimum absolute atomic E-state index is 0.115. The number of nitrogens with one attached hydrogen (secondary N) is 2. The van der Waals surface area contributed by atoms with Crippen LogP contribution in [0.4, 0.5) is 10.2 Å². The number of rotatable bonds is 5. The maximum absolute atomic E-state index is 13.0. The Labute approximate surface area is 158 Å². The summed E-state index contributed by atoms with van der Waals surface area (Å²) in [5.74, 6) is 0.0834. The van der Waals surface area contributed by atoms with Crippen molar-refractivity contribution in [1.82, 2.24) is 15.2 Å². The van der Waals surface area contributed by atoms with Crippen LogP contribution in [0.3, 0.4) is 0 Å². The van der Waals surface area contributed by atoms with Crippen molar-refractivity contribution in [1.29, 1.82) is 0 Å². The highest BCUT2D eigenvalue weighted by atomic mass is 32.1. The van der Waals surface area contributed by atoms with Gasteiger partial charge in [-0.05, 0) is 47.4 Å². The van der Waals surface area contributed by atoms with Crippen LogP contribution >= 0.6 is 11.3 Å². The van der Waals surface area contributed by atoms with Crippen LogP contribution in [0, 0.1) is 5.82 Å². The summed E-state index contributed by atoms with van der Waals surface area (Å²) in [6, 6.07) is 13.6. The molecule has 3 aromatic heterocycles. The summed E-state index contributed by atoms with van der Waals surface area (Å²) in [5.41, 5.74) is 2.92. The van der Waals surface area contributed by atoms with E-state index in [0.717, 1.165) is 16.0 Å². The van der Waals surface area contributed by atoms with E-state index in [4.69, 9.17) is 0 Å². The zero-order chi connectivity index (χ0) is 18.6. The number of aromatic amines is 1. The molecule has 0 aliphatic carbocycles. The normalized spacial score (nSPS) is 11.3. The lowest BCUT2D eigenvalue weighted by molar-refractivity contribution is -0.115. The van der Waals surface area contributed by atoms with Gasteiger partial charge >= 0.3 is 0 Å². The zero-order valence-corrected chi connectivity index (χ0v) is 15.0. The molecule has 27 heavy (non-hydrogen) atoms. The molecular formula is C20H15FN4OS. The van der Waals surface area contributed by atoms with E-state index in [1.54, 1.807) is 35.6 Å². The molecule has 0 fully saturated rings. The third-order valence-electron chi connectivity index (χ3n) is 3.92. The van der Waals surface area contributed by atoms with Gasteiger partial charge in [-0.1, -0.05) is 24.3 Å². The fourth-order valence-electron chi connectivity index (χ4n) is 2.61. The van der Waals surface area contributed by atoms with Crippen molar-refractivity contribution in [2.45, 2.75) is 6.42 Å². The quantitative estimate of drug-likeness (QED) is 0.537. The molecule has 0 saturated heterocycles. The Bertz CT molecular complexity index is 1100. The van der Waals surface area contributed by atoms with Crippen LogP contribution < -0.4 is 5.32 Å².